The van der Waals surface area contributed by atoms with E-state index >= 15 is 0 Å². The van der Waals surface area contributed by atoms with Crippen molar-refractivity contribution in [2.75, 3.05) is 0 Å². The third kappa shape index (κ3) is 4.99. The Morgan fingerprint density at radius 2 is 1.87 bits per heavy atom. The minimum absolute atomic E-state index is 0.0722. The van der Waals surface area contributed by atoms with Gasteiger partial charge in [0.25, 0.3) is 0 Å². The lowest BCUT2D eigenvalue weighted by molar-refractivity contribution is 0.0307. The lowest BCUT2D eigenvalue weighted by Gasteiger charge is -2.17. The highest BCUT2D eigenvalue weighted by Crippen LogP contribution is 2.30. The topological polar surface area (TPSA) is 87.0 Å². The van der Waals surface area contributed by atoms with Crippen LogP contribution in [0.4, 0.5) is 0 Å². The van der Waals surface area contributed by atoms with Crippen molar-refractivity contribution in [1.29, 1.82) is 0 Å². The molecular weight excluding hydrogens is 296 g/mol. The highest BCUT2D eigenvalue weighted by Gasteiger charge is 2.20. The van der Waals surface area contributed by atoms with Gasteiger partial charge in [-0.15, -0.1) is 0 Å². The summed E-state index contributed by atoms with van der Waals surface area (Å²) >= 11 is 0. The molecule has 0 saturated heterocycles. The van der Waals surface area contributed by atoms with Crippen molar-refractivity contribution in [2.45, 2.75) is 57.7 Å². The number of aliphatic hydroxyl groups is 1. The van der Waals surface area contributed by atoms with Crippen LogP contribution in [0, 0.1) is 0 Å². The Kier molecular flexibility index (Phi) is 6.04. The summed E-state index contributed by atoms with van der Waals surface area (Å²) in [7, 11) is 0. The molecule has 0 fully saturated rings. The van der Waals surface area contributed by atoms with Crippen LogP contribution in [0.1, 0.15) is 61.4 Å². The SMILES string of the molecule is CC1CCCC(O)CCC/C=C\c2cc(O)cc(O)c2C(=O)O1. The van der Waals surface area contributed by atoms with Gasteiger partial charge in [-0.3, -0.25) is 0 Å². The van der Waals surface area contributed by atoms with E-state index in [9.17, 15) is 20.1 Å². The molecular formula is C18H24O5. The number of carbonyl (C=O) groups is 1. The van der Waals surface area contributed by atoms with Gasteiger partial charge in [-0.2, -0.15) is 0 Å². The highest BCUT2D eigenvalue weighted by molar-refractivity contribution is 5.97. The molecule has 0 radical (unpaired) electrons. The molecule has 1 aromatic carbocycles. The molecule has 1 heterocycles. The number of phenolic OH excluding ortho intramolecular Hbond substituents is 2. The van der Waals surface area contributed by atoms with Gasteiger partial charge in [-0.1, -0.05) is 12.2 Å². The van der Waals surface area contributed by atoms with Gasteiger partial charge in [-0.25, -0.2) is 4.79 Å². The van der Waals surface area contributed by atoms with Crippen molar-refractivity contribution in [3.8, 4) is 11.5 Å². The van der Waals surface area contributed by atoms with Gasteiger partial charge < -0.3 is 20.1 Å². The number of benzene rings is 1. The Hall–Kier alpha value is -2.01. The fourth-order valence-corrected chi connectivity index (χ4v) is 2.75. The summed E-state index contributed by atoms with van der Waals surface area (Å²) in [5, 5.41) is 29.5. The second-order valence-electron chi connectivity index (χ2n) is 6.06. The third-order valence-electron chi connectivity index (χ3n) is 4.00. The van der Waals surface area contributed by atoms with Crippen LogP contribution in [-0.2, 0) is 4.74 Å². The third-order valence-corrected chi connectivity index (χ3v) is 4.00. The first-order valence-corrected chi connectivity index (χ1v) is 8.09. The molecule has 2 rings (SSSR count). The summed E-state index contributed by atoms with van der Waals surface area (Å²) in [6.45, 7) is 1.79. The zero-order valence-corrected chi connectivity index (χ0v) is 13.4. The second kappa shape index (κ2) is 8.02. The number of allylic oxidation sites excluding steroid dienone is 1. The molecule has 23 heavy (non-hydrogen) atoms. The van der Waals surface area contributed by atoms with Crippen molar-refractivity contribution in [3.05, 3.63) is 29.3 Å². The van der Waals surface area contributed by atoms with Gasteiger partial charge in [-0.05, 0) is 57.1 Å². The maximum Gasteiger partial charge on any atom is 0.342 e. The maximum atomic E-state index is 12.3. The molecule has 3 N–H and O–H groups in total. The highest BCUT2D eigenvalue weighted by atomic mass is 16.5. The van der Waals surface area contributed by atoms with E-state index in [0.29, 0.717) is 18.4 Å². The molecule has 5 nitrogen and oxygen atoms in total. The fourth-order valence-electron chi connectivity index (χ4n) is 2.75. The van der Waals surface area contributed by atoms with E-state index in [4.69, 9.17) is 4.74 Å². The summed E-state index contributed by atoms with van der Waals surface area (Å²) in [5.41, 5.74) is 0.500. The first kappa shape index (κ1) is 17.3. The lowest BCUT2D eigenvalue weighted by Crippen LogP contribution is -2.17. The van der Waals surface area contributed by atoms with Crippen LogP contribution < -0.4 is 0 Å². The largest absolute Gasteiger partial charge is 0.508 e. The molecule has 0 spiro atoms. The van der Waals surface area contributed by atoms with E-state index < -0.39 is 5.97 Å². The number of esters is 1. The number of ether oxygens (including phenoxy) is 1. The van der Waals surface area contributed by atoms with Crippen molar-refractivity contribution >= 4 is 12.0 Å². The van der Waals surface area contributed by atoms with Gasteiger partial charge in [0.1, 0.15) is 17.1 Å². The molecule has 1 aliphatic heterocycles. The van der Waals surface area contributed by atoms with Crippen LogP contribution in [0.3, 0.4) is 0 Å². The Morgan fingerprint density at radius 3 is 2.65 bits per heavy atom. The van der Waals surface area contributed by atoms with Crippen LogP contribution in [0.25, 0.3) is 6.08 Å². The summed E-state index contributed by atoms with van der Waals surface area (Å²) in [4.78, 5) is 12.3. The minimum Gasteiger partial charge on any atom is -0.508 e. The fraction of sp³-hybridized carbons (Fsp3) is 0.500. The van der Waals surface area contributed by atoms with Gasteiger partial charge in [0.15, 0.2) is 0 Å². The molecule has 1 aromatic rings. The van der Waals surface area contributed by atoms with Crippen LogP contribution in [0.2, 0.25) is 0 Å². The van der Waals surface area contributed by atoms with Gasteiger partial charge in [0.2, 0.25) is 0 Å². The average Bonchev–Trinajstić information content (AvgIpc) is 2.45. The van der Waals surface area contributed by atoms with Crippen molar-refractivity contribution in [1.82, 2.24) is 0 Å². The minimum atomic E-state index is -0.604. The predicted octanol–water partition coefficient (Wildman–Crippen LogP) is 3.37. The van der Waals surface area contributed by atoms with Crippen molar-refractivity contribution in [2.24, 2.45) is 0 Å². The molecule has 0 aromatic heterocycles. The Labute approximate surface area is 136 Å². The van der Waals surface area contributed by atoms with Crippen molar-refractivity contribution in [3.63, 3.8) is 0 Å². The Bertz CT molecular complexity index is 579. The zero-order chi connectivity index (χ0) is 16.8. The van der Waals surface area contributed by atoms with Crippen LogP contribution in [-0.4, -0.2) is 33.5 Å². The average molecular weight is 320 g/mol. The molecule has 126 valence electrons. The molecule has 1 aliphatic rings. The van der Waals surface area contributed by atoms with E-state index in [0.717, 1.165) is 31.7 Å². The standard InChI is InChI=1S/C18H24O5/c1-12-6-5-9-14(19)8-4-2-3-7-13-10-15(20)11-16(21)17(13)18(22)23-12/h3,7,10-12,14,19-21H,2,4-6,8-9H2,1H3/b7-3-. The first-order valence-electron chi connectivity index (χ1n) is 8.09. The number of hydrogen-bond donors (Lipinski definition) is 3. The molecule has 0 bridgehead atoms. The Morgan fingerprint density at radius 1 is 1.13 bits per heavy atom. The zero-order valence-electron chi connectivity index (χ0n) is 13.4. The van der Waals surface area contributed by atoms with Gasteiger partial charge in [0, 0.05) is 6.07 Å². The first-order chi connectivity index (χ1) is 11.0. The molecule has 0 aliphatic carbocycles. The normalized spacial score (nSPS) is 25.0. The summed E-state index contributed by atoms with van der Waals surface area (Å²) in [6.07, 6.45) is 7.39. The Balaban J connectivity index is 2.30. The molecule has 2 atom stereocenters. The molecule has 0 saturated carbocycles. The number of fused-ring (bicyclic) bond motifs is 1. The number of carbonyl (C=O) groups excluding carboxylic acids is 1. The number of aromatic hydroxyl groups is 2. The summed E-state index contributed by atoms with van der Waals surface area (Å²) in [6, 6.07) is 2.57. The monoisotopic (exact) mass is 320 g/mol. The van der Waals surface area contributed by atoms with E-state index in [1.54, 1.807) is 13.0 Å². The quantitative estimate of drug-likeness (QED) is 0.638. The van der Waals surface area contributed by atoms with Crippen molar-refractivity contribution < 1.29 is 24.9 Å². The summed E-state index contributed by atoms with van der Waals surface area (Å²) in [5.74, 6) is -1.00. The number of aliphatic hydroxyl groups excluding tert-OH is 1. The smallest absolute Gasteiger partial charge is 0.342 e. The van der Waals surface area contributed by atoms with E-state index in [1.807, 2.05) is 6.08 Å². The van der Waals surface area contributed by atoms with E-state index in [1.165, 1.54) is 6.07 Å². The lowest BCUT2D eigenvalue weighted by atomic mass is 10.0. The number of cyclic esters (lactones) is 1. The molecule has 0 amide bonds. The van der Waals surface area contributed by atoms with Gasteiger partial charge in [0.05, 0.1) is 12.2 Å². The number of phenols is 2. The second-order valence-corrected chi connectivity index (χ2v) is 6.06. The van der Waals surface area contributed by atoms with Crippen LogP contribution in [0.5, 0.6) is 11.5 Å². The van der Waals surface area contributed by atoms with Crippen LogP contribution in [0.15, 0.2) is 18.2 Å². The maximum absolute atomic E-state index is 12.3. The van der Waals surface area contributed by atoms with E-state index in [-0.39, 0.29) is 29.3 Å². The predicted molar refractivity (Wildman–Crippen MR) is 87.4 cm³/mol. The number of rotatable bonds is 0. The van der Waals surface area contributed by atoms with Crippen LogP contribution >= 0.6 is 0 Å². The summed E-state index contributed by atoms with van der Waals surface area (Å²) < 4.78 is 5.38. The number of hydrogen-bond acceptors (Lipinski definition) is 5. The van der Waals surface area contributed by atoms with Gasteiger partial charge >= 0.3 is 5.97 Å². The van der Waals surface area contributed by atoms with E-state index in [2.05, 4.69) is 0 Å². The molecule has 5 heteroatoms. The molecule has 2 unspecified atom stereocenters.